The van der Waals surface area contributed by atoms with Crippen molar-refractivity contribution in [2.45, 2.75) is 19.4 Å². The Bertz CT molecular complexity index is 1340. The molecule has 0 radical (unpaired) electrons. The van der Waals surface area contributed by atoms with Crippen LogP contribution in [0.25, 0.3) is 0 Å². The van der Waals surface area contributed by atoms with Gasteiger partial charge in [0.15, 0.2) is 5.60 Å². The van der Waals surface area contributed by atoms with Crippen LogP contribution >= 0.6 is 0 Å². The van der Waals surface area contributed by atoms with Gasteiger partial charge in [-0.1, -0.05) is 77.9 Å². The first-order chi connectivity index (χ1) is 17.3. The number of carbonyl (C=O) groups excluding carboxylic acids is 1. The summed E-state index contributed by atoms with van der Waals surface area (Å²) < 4.78 is 0. The zero-order chi connectivity index (χ0) is 25.7. The normalized spacial score (nSPS) is 11.4. The molecule has 0 spiro atoms. The van der Waals surface area contributed by atoms with Crippen LogP contribution in [-0.2, 0) is 10.4 Å². The number of aliphatic hydroxyl groups is 1. The summed E-state index contributed by atoms with van der Waals surface area (Å²) in [7, 11) is 0. The molecular formula is C29H25N3O4. The van der Waals surface area contributed by atoms with Crippen LogP contribution in [-0.4, -0.2) is 22.2 Å². The number of rotatable bonds is 7. The Labute approximate surface area is 209 Å². The third kappa shape index (κ3) is 5.06. The van der Waals surface area contributed by atoms with Gasteiger partial charge in [-0.2, -0.15) is 10.1 Å². The Balaban J connectivity index is 1.82. The van der Waals surface area contributed by atoms with Gasteiger partial charge in [0.2, 0.25) is 0 Å². The first-order valence-electron chi connectivity index (χ1n) is 11.3. The van der Waals surface area contributed by atoms with E-state index < -0.39 is 16.4 Å². The lowest BCUT2D eigenvalue weighted by molar-refractivity contribution is -0.384. The summed E-state index contributed by atoms with van der Waals surface area (Å²) in [5, 5.41) is 28.6. The molecule has 0 aliphatic rings. The predicted octanol–water partition coefficient (Wildman–Crippen LogP) is 5.51. The predicted molar refractivity (Wildman–Crippen MR) is 140 cm³/mol. The van der Waals surface area contributed by atoms with Crippen molar-refractivity contribution in [3.8, 4) is 0 Å². The second-order valence-corrected chi connectivity index (χ2v) is 8.49. The molecule has 0 atom stereocenters. The zero-order valence-electron chi connectivity index (χ0n) is 19.9. The first-order valence-corrected chi connectivity index (χ1v) is 11.3. The van der Waals surface area contributed by atoms with Gasteiger partial charge in [0.05, 0.1) is 16.8 Å². The third-order valence-corrected chi connectivity index (χ3v) is 5.87. The molecule has 4 aromatic carbocycles. The minimum atomic E-state index is -2.02. The summed E-state index contributed by atoms with van der Waals surface area (Å²) in [6, 6.07) is 28.9. The highest BCUT2D eigenvalue weighted by Crippen LogP contribution is 2.34. The fourth-order valence-electron chi connectivity index (χ4n) is 3.77. The molecule has 180 valence electrons. The lowest BCUT2D eigenvalue weighted by Crippen LogP contribution is -2.46. The summed E-state index contributed by atoms with van der Waals surface area (Å²) in [6.07, 6.45) is 1.43. The number of carbonyl (C=O) groups is 1. The molecule has 0 saturated carbocycles. The second-order valence-electron chi connectivity index (χ2n) is 8.49. The summed E-state index contributed by atoms with van der Waals surface area (Å²) in [5.41, 5.74) is 1.76. The SMILES string of the molecule is Cc1ccc(C(O)(C(=O)N(/N=C\c2ccc([N+](=O)[O-])cc2)c2ccccc2)c2ccc(C)cc2)cc1. The van der Waals surface area contributed by atoms with Crippen LogP contribution in [0.2, 0.25) is 0 Å². The molecule has 0 unspecified atom stereocenters. The van der Waals surface area contributed by atoms with E-state index >= 15 is 0 Å². The van der Waals surface area contributed by atoms with Gasteiger partial charge in [-0.15, -0.1) is 0 Å². The van der Waals surface area contributed by atoms with E-state index in [1.807, 2.05) is 44.2 Å². The summed E-state index contributed by atoms with van der Waals surface area (Å²) in [4.78, 5) is 24.7. The second kappa shape index (κ2) is 10.3. The van der Waals surface area contributed by atoms with Crippen molar-refractivity contribution in [1.82, 2.24) is 0 Å². The standard InChI is InChI=1S/C29H25N3O4/c1-21-8-14-24(15-9-21)29(34,25-16-10-22(2)11-17-25)28(33)31(26-6-4-3-5-7-26)30-20-23-12-18-27(19-13-23)32(35)36/h3-20,34H,1-2H3/b30-20-. The highest BCUT2D eigenvalue weighted by molar-refractivity contribution is 6.03. The Kier molecular flexibility index (Phi) is 7.03. The minimum absolute atomic E-state index is 0.0451. The molecule has 4 aromatic rings. The van der Waals surface area contributed by atoms with Crippen LogP contribution in [0.3, 0.4) is 0 Å². The number of nitro benzene ring substituents is 1. The smallest absolute Gasteiger partial charge is 0.288 e. The van der Waals surface area contributed by atoms with E-state index in [9.17, 15) is 20.0 Å². The molecular weight excluding hydrogens is 454 g/mol. The van der Waals surface area contributed by atoms with E-state index in [1.165, 1.54) is 18.3 Å². The van der Waals surface area contributed by atoms with Gasteiger partial charge in [-0.05, 0) is 54.8 Å². The number of aryl methyl sites for hydroxylation is 2. The van der Waals surface area contributed by atoms with Crippen molar-refractivity contribution in [3.63, 3.8) is 0 Å². The van der Waals surface area contributed by atoms with Crippen molar-refractivity contribution in [2.24, 2.45) is 5.10 Å². The molecule has 0 fully saturated rings. The third-order valence-electron chi connectivity index (χ3n) is 5.87. The fraction of sp³-hybridized carbons (Fsp3) is 0.103. The molecule has 0 aliphatic carbocycles. The topological polar surface area (TPSA) is 96.0 Å². The van der Waals surface area contributed by atoms with Gasteiger partial charge >= 0.3 is 0 Å². The lowest BCUT2D eigenvalue weighted by Gasteiger charge is -2.32. The van der Waals surface area contributed by atoms with Crippen molar-refractivity contribution >= 4 is 23.5 Å². The van der Waals surface area contributed by atoms with Gasteiger partial charge in [-0.25, -0.2) is 0 Å². The summed E-state index contributed by atoms with van der Waals surface area (Å²) in [5.74, 6) is -0.667. The average molecular weight is 480 g/mol. The van der Waals surface area contributed by atoms with Crippen molar-refractivity contribution in [3.05, 3.63) is 141 Å². The number of nitrogens with zero attached hydrogens (tertiary/aromatic N) is 3. The Hall–Kier alpha value is -4.62. The largest absolute Gasteiger partial charge is 0.372 e. The molecule has 1 amide bonds. The summed E-state index contributed by atoms with van der Waals surface area (Å²) >= 11 is 0. The first kappa shape index (κ1) is 24.5. The lowest BCUT2D eigenvalue weighted by atomic mass is 9.84. The van der Waals surface area contributed by atoms with Crippen molar-refractivity contribution in [1.29, 1.82) is 0 Å². The summed E-state index contributed by atoms with van der Waals surface area (Å²) in [6.45, 7) is 3.86. The quantitative estimate of drug-likeness (QED) is 0.215. The van der Waals surface area contributed by atoms with E-state index in [-0.39, 0.29) is 5.69 Å². The van der Waals surface area contributed by atoms with Crippen molar-refractivity contribution < 1.29 is 14.8 Å². The van der Waals surface area contributed by atoms with Crippen LogP contribution < -0.4 is 5.01 Å². The molecule has 36 heavy (non-hydrogen) atoms. The van der Waals surface area contributed by atoms with Gasteiger partial charge < -0.3 is 5.11 Å². The Morgan fingerprint density at radius 1 is 0.833 bits per heavy atom. The van der Waals surface area contributed by atoms with E-state index in [4.69, 9.17) is 0 Å². The minimum Gasteiger partial charge on any atom is -0.372 e. The number of benzene rings is 4. The Morgan fingerprint density at radius 3 is 1.81 bits per heavy atom. The average Bonchev–Trinajstić information content (AvgIpc) is 2.90. The molecule has 7 nitrogen and oxygen atoms in total. The molecule has 4 rings (SSSR count). The maximum absolute atomic E-state index is 14.2. The zero-order valence-corrected chi connectivity index (χ0v) is 19.9. The molecule has 0 aliphatic heterocycles. The maximum Gasteiger partial charge on any atom is 0.288 e. The molecule has 0 aromatic heterocycles. The molecule has 7 heteroatoms. The van der Waals surface area contributed by atoms with Gasteiger partial charge in [0.25, 0.3) is 11.6 Å². The molecule has 0 heterocycles. The molecule has 0 saturated heterocycles. The van der Waals surface area contributed by atoms with Crippen LogP contribution in [0.5, 0.6) is 0 Å². The number of hydrogen-bond acceptors (Lipinski definition) is 5. The monoisotopic (exact) mass is 479 g/mol. The number of anilines is 1. The number of hydrazone groups is 1. The van der Waals surface area contributed by atoms with Gasteiger partial charge in [-0.3, -0.25) is 14.9 Å². The Morgan fingerprint density at radius 2 is 1.33 bits per heavy atom. The highest BCUT2D eigenvalue weighted by atomic mass is 16.6. The van der Waals surface area contributed by atoms with E-state index in [2.05, 4.69) is 5.10 Å². The van der Waals surface area contributed by atoms with Crippen LogP contribution in [0.4, 0.5) is 11.4 Å². The van der Waals surface area contributed by atoms with Crippen LogP contribution in [0.15, 0.2) is 108 Å². The van der Waals surface area contributed by atoms with E-state index in [1.54, 1.807) is 60.7 Å². The fourth-order valence-corrected chi connectivity index (χ4v) is 3.77. The van der Waals surface area contributed by atoms with Crippen LogP contribution in [0.1, 0.15) is 27.8 Å². The highest BCUT2D eigenvalue weighted by Gasteiger charge is 2.43. The number of hydrogen-bond donors (Lipinski definition) is 1. The maximum atomic E-state index is 14.2. The van der Waals surface area contributed by atoms with Gasteiger partial charge in [0, 0.05) is 12.1 Å². The molecule has 1 N–H and O–H groups in total. The van der Waals surface area contributed by atoms with Gasteiger partial charge in [0.1, 0.15) is 0 Å². The number of nitro groups is 1. The number of non-ortho nitro benzene ring substituents is 1. The van der Waals surface area contributed by atoms with E-state index in [0.29, 0.717) is 22.4 Å². The number of amides is 1. The number of para-hydroxylation sites is 1. The molecule has 0 bridgehead atoms. The van der Waals surface area contributed by atoms with E-state index in [0.717, 1.165) is 16.1 Å². The van der Waals surface area contributed by atoms with Crippen molar-refractivity contribution in [2.75, 3.05) is 5.01 Å². The van der Waals surface area contributed by atoms with Crippen LogP contribution in [0, 0.1) is 24.0 Å².